The Morgan fingerprint density at radius 1 is 0.979 bits per heavy atom. The number of alkyl halides is 3. The third kappa shape index (κ3) is 5.14. The summed E-state index contributed by atoms with van der Waals surface area (Å²) in [7, 11) is 0. The van der Waals surface area contributed by atoms with Gasteiger partial charge in [-0.15, -0.1) is 11.8 Å². The highest BCUT2D eigenvalue weighted by atomic mass is 35.5. The molecule has 3 heterocycles. The normalized spacial score (nSPS) is 27.1. The van der Waals surface area contributed by atoms with Crippen LogP contribution in [-0.2, 0) is 20.6 Å². The average molecular weight is 712 g/mol. The number of aromatic nitrogens is 1. The molecular weight excluding hydrogens is 687 g/mol. The molecule has 2 aliphatic heterocycles. The number of fused-ring (bicyclic) bond motifs is 9. The van der Waals surface area contributed by atoms with Crippen LogP contribution in [0.25, 0.3) is 0 Å². The van der Waals surface area contributed by atoms with Gasteiger partial charge in [0.25, 0.3) is 5.91 Å². The molecule has 2 N–H and O–H groups in total. The van der Waals surface area contributed by atoms with Crippen LogP contribution in [0.5, 0.6) is 5.75 Å². The van der Waals surface area contributed by atoms with Gasteiger partial charge in [-0.25, -0.2) is 0 Å². The number of nitrogens with one attached hydrogen (secondary N) is 2. The Morgan fingerprint density at radius 3 is 2.40 bits per heavy atom. The summed E-state index contributed by atoms with van der Waals surface area (Å²) < 4.78 is 46.2. The van der Waals surface area contributed by atoms with Gasteiger partial charge in [-0.1, -0.05) is 41.1 Å². The van der Waals surface area contributed by atoms with Crippen LogP contribution in [0.4, 0.5) is 24.5 Å². The van der Waals surface area contributed by atoms with E-state index in [9.17, 15) is 32.3 Å². The molecule has 0 radical (unpaired) electrons. The first-order valence-corrected chi connectivity index (χ1v) is 17.3. The summed E-state index contributed by atoms with van der Waals surface area (Å²) in [5, 5.41) is 3.96. The fourth-order valence-corrected chi connectivity index (χ4v) is 11.1. The number of anilines is 2. The highest BCUT2D eigenvalue weighted by Gasteiger charge is 2.69. The third-order valence-corrected chi connectivity index (χ3v) is 12.7. The molecule has 2 aliphatic carbocycles. The molecule has 8 nitrogen and oxygen atoms in total. The van der Waals surface area contributed by atoms with E-state index in [2.05, 4.69) is 10.3 Å². The topological polar surface area (TPSA) is 109 Å². The van der Waals surface area contributed by atoms with E-state index in [1.54, 1.807) is 36.4 Å². The van der Waals surface area contributed by atoms with Crippen LogP contribution in [0.1, 0.15) is 28.3 Å². The number of rotatable bonds is 6. The number of hydrogen-bond donors (Lipinski definition) is 2. The van der Waals surface area contributed by atoms with Crippen molar-refractivity contribution in [2.45, 2.75) is 28.8 Å². The molecule has 14 heteroatoms. The summed E-state index contributed by atoms with van der Waals surface area (Å²) in [5.74, 6) is -2.80. The summed E-state index contributed by atoms with van der Waals surface area (Å²) >= 11 is 8.55. The molecule has 3 aromatic carbocycles. The lowest BCUT2D eigenvalue weighted by molar-refractivity contribution is -0.137. The van der Waals surface area contributed by atoms with Crippen molar-refractivity contribution in [3.05, 3.63) is 103 Å². The molecule has 8 rings (SSSR count). The van der Waals surface area contributed by atoms with Crippen LogP contribution in [0.2, 0.25) is 5.02 Å². The monoisotopic (exact) mass is 711 g/mol. The fraction of sp³-hybridized carbons (Fsp3) is 0.294. The number of hydrogen-bond acceptors (Lipinski definition) is 7. The molecular formula is C34H25ClF3N3O5S2. The first kappa shape index (κ1) is 31.2. The first-order valence-electron chi connectivity index (χ1n) is 15.2. The Bertz CT molecular complexity index is 2020. The summed E-state index contributed by atoms with van der Waals surface area (Å²) in [4.78, 5) is 57.3. The standard InChI is InChI=1S/C34H25ClF3N3O5S2/c35-17-6-8-18(9-7-17)39-23(42)14-46-20-10-4-15(5-11-20)24-25-21-13-22(28(25)47-30-29(24)48-33(45)40-30)27-26(21)31(43)41(32(27)44)19-3-1-2-16(12-19)34(36,37)38/h1-12,21-22,24-28H,13-14H2,(H,39,42)(H,40,45)/t21?,22?,24-,25?,26?,27?,28?/m1/s1. The first-order chi connectivity index (χ1) is 23.0. The second kappa shape index (κ2) is 11.5. The smallest absolute Gasteiger partial charge is 0.416 e. The molecule has 1 aromatic heterocycles. The molecule has 3 fully saturated rings. The lowest BCUT2D eigenvalue weighted by Crippen LogP contribution is -2.42. The number of aromatic amines is 1. The maximum atomic E-state index is 13.9. The summed E-state index contributed by atoms with van der Waals surface area (Å²) in [6.07, 6.45) is -3.97. The molecule has 6 unspecified atom stereocenters. The van der Waals surface area contributed by atoms with Crippen molar-refractivity contribution >= 4 is 63.8 Å². The van der Waals surface area contributed by atoms with Crippen LogP contribution in [0, 0.1) is 29.6 Å². The van der Waals surface area contributed by atoms with E-state index in [1.807, 2.05) is 12.1 Å². The number of carbonyl (C=O) groups excluding carboxylic acids is 3. The third-order valence-electron chi connectivity index (χ3n) is 9.89. The molecule has 246 valence electrons. The predicted octanol–water partition coefficient (Wildman–Crippen LogP) is 6.80. The van der Waals surface area contributed by atoms with Gasteiger partial charge < -0.3 is 15.0 Å². The zero-order valence-corrected chi connectivity index (χ0v) is 27.1. The molecule has 7 atom stereocenters. The van der Waals surface area contributed by atoms with E-state index in [0.29, 0.717) is 22.9 Å². The molecule has 1 saturated heterocycles. The Kier molecular flexibility index (Phi) is 7.49. The van der Waals surface area contributed by atoms with Crippen molar-refractivity contribution in [2.24, 2.45) is 29.6 Å². The Labute approximate surface area is 284 Å². The number of nitrogens with zero attached hydrogens (tertiary/aromatic N) is 1. The summed E-state index contributed by atoms with van der Waals surface area (Å²) in [5.41, 5.74) is 0.493. The van der Waals surface area contributed by atoms with Crippen molar-refractivity contribution in [1.82, 2.24) is 4.98 Å². The second-order valence-electron chi connectivity index (χ2n) is 12.4. The highest BCUT2D eigenvalue weighted by Crippen LogP contribution is 2.68. The predicted molar refractivity (Wildman–Crippen MR) is 174 cm³/mol. The van der Waals surface area contributed by atoms with Crippen molar-refractivity contribution in [1.29, 1.82) is 0 Å². The van der Waals surface area contributed by atoms with Crippen LogP contribution in [0.15, 0.2) is 82.6 Å². The van der Waals surface area contributed by atoms with Crippen LogP contribution in [0.3, 0.4) is 0 Å². The molecule has 4 aliphatic rings. The van der Waals surface area contributed by atoms with E-state index in [0.717, 1.165) is 43.8 Å². The van der Waals surface area contributed by atoms with E-state index < -0.39 is 35.4 Å². The minimum atomic E-state index is -4.62. The number of benzene rings is 3. The minimum Gasteiger partial charge on any atom is -0.484 e. The van der Waals surface area contributed by atoms with E-state index >= 15 is 0 Å². The van der Waals surface area contributed by atoms with Crippen LogP contribution in [-0.4, -0.2) is 34.6 Å². The van der Waals surface area contributed by atoms with Crippen LogP contribution < -0.4 is 19.8 Å². The fourth-order valence-electron chi connectivity index (χ4n) is 8.12. The number of ether oxygens (including phenoxy) is 1. The van der Waals surface area contributed by atoms with Gasteiger partial charge in [0.1, 0.15) is 5.75 Å². The van der Waals surface area contributed by atoms with Gasteiger partial charge in [0.2, 0.25) is 11.8 Å². The van der Waals surface area contributed by atoms with Crippen molar-refractivity contribution < 1.29 is 32.3 Å². The second-order valence-corrected chi connectivity index (χ2v) is 15.1. The molecule has 4 aromatic rings. The van der Waals surface area contributed by atoms with Gasteiger partial charge in [0.15, 0.2) is 6.61 Å². The lowest BCUT2D eigenvalue weighted by Gasteiger charge is -2.43. The number of carbonyl (C=O) groups is 3. The maximum Gasteiger partial charge on any atom is 0.416 e. The number of thioether (sulfide) groups is 1. The SMILES string of the molecule is O=C(COc1ccc([C@H]2c3sc(=O)[nH]c3SC3C4CC(C5C(=O)N(c6cccc(C(F)(F)F)c6)C(=O)C45)C32)cc1)Nc1ccc(Cl)cc1. The summed E-state index contributed by atoms with van der Waals surface area (Å²) in [6, 6.07) is 18.3. The van der Waals surface area contributed by atoms with Crippen molar-refractivity contribution in [3.8, 4) is 5.75 Å². The van der Waals surface area contributed by atoms with Gasteiger partial charge in [-0.2, -0.15) is 13.2 Å². The number of halogens is 4. The van der Waals surface area contributed by atoms with E-state index in [1.165, 1.54) is 23.9 Å². The Hall–Kier alpha value is -4.07. The number of thiazole rings is 1. The Morgan fingerprint density at radius 2 is 1.69 bits per heavy atom. The van der Waals surface area contributed by atoms with E-state index in [-0.39, 0.29) is 52.0 Å². The molecule has 48 heavy (non-hydrogen) atoms. The number of H-pyrrole nitrogens is 1. The zero-order valence-electron chi connectivity index (χ0n) is 24.7. The number of amides is 3. The van der Waals surface area contributed by atoms with Crippen LogP contribution >= 0.6 is 34.7 Å². The molecule has 3 amide bonds. The average Bonchev–Trinajstić information content (AvgIpc) is 3.80. The van der Waals surface area contributed by atoms with Crippen molar-refractivity contribution in [3.63, 3.8) is 0 Å². The van der Waals surface area contributed by atoms with Gasteiger partial charge in [-0.3, -0.25) is 24.1 Å². The molecule has 0 spiro atoms. The van der Waals surface area contributed by atoms with E-state index in [4.69, 9.17) is 16.3 Å². The lowest BCUT2D eigenvalue weighted by atomic mass is 9.68. The Balaban J connectivity index is 1.05. The molecule has 2 saturated carbocycles. The quantitative estimate of drug-likeness (QED) is 0.213. The summed E-state index contributed by atoms with van der Waals surface area (Å²) in [6.45, 7) is -0.221. The van der Waals surface area contributed by atoms with Gasteiger partial charge in [0.05, 0.1) is 28.1 Å². The maximum absolute atomic E-state index is 13.9. The highest BCUT2D eigenvalue weighted by molar-refractivity contribution is 8.00. The van der Waals surface area contributed by atoms with Gasteiger partial charge in [0, 0.05) is 26.8 Å². The van der Waals surface area contributed by atoms with Gasteiger partial charge >= 0.3 is 11.0 Å². The molecule has 2 bridgehead atoms. The van der Waals surface area contributed by atoms with Crippen molar-refractivity contribution in [2.75, 3.05) is 16.8 Å². The number of imide groups is 1. The van der Waals surface area contributed by atoms with Gasteiger partial charge in [-0.05, 0) is 84.3 Å². The largest absolute Gasteiger partial charge is 0.484 e. The minimum absolute atomic E-state index is 0.0679. The zero-order chi connectivity index (χ0) is 33.5.